The zero-order valence-corrected chi connectivity index (χ0v) is 18.3. The number of carbonyl (C=O) groups is 3. The molecule has 9 heteroatoms. The number of aliphatic carboxylic acids is 1. The SMILES string of the molecule is CCN1CC(C(=O)O)C(=O)c2cc(F)c(N3CCN(C(=O)[C@@H](N)CC(C)C)CC3)cc21. The van der Waals surface area contributed by atoms with E-state index in [0.717, 1.165) is 6.07 Å². The number of carboxylic acid groups (broad SMARTS) is 1. The number of carbonyl (C=O) groups excluding carboxylic acids is 2. The lowest BCUT2D eigenvalue weighted by Crippen LogP contribution is -2.53. The smallest absolute Gasteiger partial charge is 0.316 e. The summed E-state index contributed by atoms with van der Waals surface area (Å²) in [7, 11) is 0. The number of nitrogens with zero attached hydrogens (tertiary/aromatic N) is 3. The van der Waals surface area contributed by atoms with Crippen LogP contribution in [0, 0.1) is 17.7 Å². The van der Waals surface area contributed by atoms with Crippen molar-refractivity contribution >= 4 is 29.0 Å². The molecule has 1 saturated heterocycles. The number of carboxylic acids is 1. The first kappa shape index (κ1) is 23.0. The Kier molecular flexibility index (Phi) is 6.83. The fourth-order valence-electron chi connectivity index (χ4n) is 4.34. The van der Waals surface area contributed by atoms with Gasteiger partial charge in [-0.05, 0) is 31.4 Å². The molecule has 1 unspecified atom stereocenters. The molecule has 0 aliphatic carbocycles. The number of fused-ring (bicyclic) bond motifs is 1. The Bertz CT molecular complexity index is 867. The molecule has 0 spiro atoms. The van der Waals surface area contributed by atoms with E-state index in [2.05, 4.69) is 0 Å². The third-order valence-electron chi connectivity index (χ3n) is 6.05. The summed E-state index contributed by atoms with van der Waals surface area (Å²) in [4.78, 5) is 41.9. The number of nitrogens with two attached hydrogens (primary N) is 1. The highest BCUT2D eigenvalue weighted by molar-refractivity contribution is 6.13. The fourth-order valence-corrected chi connectivity index (χ4v) is 4.34. The first-order chi connectivity index (χ1) is 14.6. The minimum atomic E-state index is -1.20. The van der Waals surface area contributed by atoms with Gasteiger partial charge in [0.2, 0.25) is 5.91 Å². The summed E-state index contributed by atoms with van der Waals surface area (Å²) in [6.45, 7) is 8.27. The largest absolute Gasteiger partial charge is 0.481 e. The maximum absolute atomic E-state index is 15.0. The highest BCUT2D eigenvalue weighted by Gasteiger charge is 2.37. The topological polar surface area (TPSA) is 107 Å². The van der Waals surface area contributed by atoms with Gasteiger partial charge in [-0.1, -0.05) is 13.8 Å². The van der Waals surface area contributed by atoms with Gasteiger partial charge in [0.25, 0.3) is 0 Å². The van der Waals surface area contributed by atoms with Gasteiger partial charge >= 0.3 is 5.97 Å². The quantitative estimate of drug-likeness (QED) is 0.655. The van der Waals surface area contributed by atoms with E-state index in [4.69, 9.17) is 5.73 Å². The zero-order valence-electron chi connectivity index (χ0n) is 18.3. The lowest BCUT2D eigenvalue weighted by atomic mass is 9.90. The van der Waals surface area contributed by atoms with Crippen molar-refractivity contribution in [2.45, 2.75) is 33.2 Å². The lowest BCUT2D eigenvalue weighted by molar-refractivity contribution is -0.139. The highest BCUT2D eigenvalue weighted by atomic mass is 19.1. The monoisotopic (exact) mass is 434 g/mol. The molecule has 170 valence electrons. The van der Waals surface area contributed by atoms with Gasteiger partial charge < -0.3 is 25.5 Å². The Balaban J connectivity index is 1.78. The number of halogens is 1. The van der Waals surface area contributed by atoms with Crippen molar-refractivity contribution in [1.82, 2.24) is 4.90 Å². The first-order valence-corrected chi connectivity index (χ1v) is 10.8. The van der Waals surface area contributed by atoms with E-state index in [1.165, 1.54) is 0 Å². The van der Waals surface area contributed by atoms with Crippen molar-refractivity contribution in [2.24, 2.45) is 17.6 Å². The van der Waals surface area contributed by atoms with E-state index in [0.29, 0.717) is 56.4 Å². The van der Waals surface area contributed by atoms with Crippen LogP contribution in [-0.4, -0.2) is 73.0 Å². The summed E-state index contributed by atoms with van der Waals surface area (Å²) in [5.74, 6) is -3.27. The number of ketones is 1. The van der Waals surface area contributed by atoms with Crippen molar-refractivity contribution in [3.05, 3.63) is 23.5 Å². The Labute approximate surface area is 181 Å². The maximum Gasteiger partial charge on any atom is 0.316 e. The Hall–Kier alpha value is -2.68. The summed E-state index contributed by atoms with van der Waals surface area (Å²) in [6, 6.07) is 2.26. The summed E-state index contributed by atoms with van der Waals surface area (Å²) >= 11 is 0. The van der Waals surface area contributed by atoms with Crippen LogP contribution >= 0.6 is 0 Å². The van der Waals surface area contributed by atoms with Crippen molar-refractivity contribution < 1.29 is 23.9 Å². The molecular formula is C22H31FN4O4. The van der Waals surface area contributed by atoms with E-state index in [1.54, 1.807) is 15.9 Å². The van der Waals surface area contributed by atoms with Gasteiger partial charge in [-0.3, -0.25) is 14.4 Å². The molecule has 2 atom stereocenters. The van der Waals surface area contributed by atoms with Crippen LogP contribution < -0.4 is 15.5 Å². The molecule has 1 amide bonds. The van der Waals surface area contributed by atoms with Crippen LogP contribution in [-0.2, 0) is 9.59 Å². The lowest BCUT2D eigenvalue weighted by Gasteiger charge is -2.39. The van der Waals surface area contributed by atoms with Crippen molar-refractivity contribution in [2.75, 3.05) is 49.1 Å². The van der Waals surface area contributed by atoms with Crippen molar-refractivity contribution in [3.8, 4) is 0 Å². The number of piperazine rings is 1. The standard InChI is InChI=1S/C22H31FN4O4/c1-4-25-12-15(22(30)31)20(28)14-10-16(23)19(11-18(14)25)26-5-7-27(8-6-26)21(29)17(24)9-13(2)3/h10-11,13,15,17H,4-9,12,24H2,1-3H3,(H,30,31)/t15?,17-/m0/s1. The molecule has 1 fully saturated rings. The van der Waals surface area contributed by atoms with Gasteiger partial charge in [-0.25, -0.2) is 4.39 Å². The normalized spacial score (nSPS) is 20.1. The number of hydrogen-bond acceptors (Lipinski definition) is 6. The van der Waals surface area contributed by atoms with Gasteiger partial charge in [0, 0.05) is 50.5 Å². The molecule has 2 aliphatic heterocycles. The summed E-state index contributed by atoms with van der Waals surface area (Å²) in [5.41, 5.74) is 7.05. The highest BCUT2D eigenvalue weighted by Crippen LogP contribution is 2.35. The molecule has 0 radical (unpaired) electrons. The average molecular weight is 435 g/mol. The second-order valence-corrected chi connectivity index (χ2v) is 8.66. The van der Waals surface area contributed by atoms with E-state index in [-0.39, 0.29) is 18.0 Å². The first-order valence-electron chi connectivity index (χ1n) is 10.8. The minimum Gasteiger partial charge on any atom is -0.481 e. The van der Waals surface area contributed by atoms with Crippen LogP contribution in [0.15, 0.2) is 12.1 Å². The number of rotatable bonds is 6. The number of Topliss-reactive ketones (excluding diaryl/α,β-unsaturated/α-hetero) is 1. The van der Waals surface area contributed by atoms with Crippen LogP contribution in [0.25, 0.3) is 0 Å². The average Bonchev–Trinajstić information content (AvgIpc) is 2.73. The van der Waals surface area contributed by atoms with Gasteiger partial charge in [0.05, 0.1) is 11.7 Å². The van der Waals surface area contributed by atoms with Crippen LogP contribution in [0.5, 0.6) is 0 Å². The number of amides is 1. The Morgan fingerprint density at radius 1 is 1.19 bits per heavy atom. The maximum atomic E-state index is 15.0. The molecule has 0 saturated carbocycles. The molecule has 3 rings (SSSR count). The Morgan fingerprint density at radius 2 is 1.84 bits per heavy atom. The molecule has 31 heavy (non-hydrogen) atoms. The number of anilines is 2. The second-order valence-electron chi connectivity index (χ2n) is 8.66. The predicted molar refractivity (Wildman–Crippen MR) is 116 cm³/mol. The minimum absolute atomic E-state index is 0.0682. The van der Waals surface area contributed by atoms with E-state index >= 15 is 0 Å². The molecule has 3 N–H and O–H groups in total. The summed E-state index contributed by atoms with van der Waals surface area (Å²) in [5, 5.41) is 9.34. The molecule has 1 aromatic carbocycles. The second kappa shape index (κ2) is 9.21. The van der Waals surface area contributed by atoms with Crippen molar-refractivity contribution in [1.29, 1.82) is 0 Å². The van der Waals surface area contributed by atoms with E-state index in [9.17, 15) is 23.9 Å². The number of hydrogen-bond donors (Lipinski definition) is 2. The molecule has 2 aliphatic rings. The summed E-state index contributed by atoms with van der Waals surface area (Å²) < 4.78 is 15.0. The van der Waals surface area contributed by atoms with Crippen LogP contribution in [0.4, 0.5) is 15.8 Å². The molecule has 8 nitrogen and oxygen atoms in total. The van der Waals surface area contributed by atoms with Crippen LogP contribution in [0.1, 0.15) is 37.6 Å². The molecule has 1 aromatic rings. The van der Waals surface area contributed by atoms with Gasteiger partial charge in [0.15, 0.2) is 5.78 Å². The molecule has 0 aromatic heterocycles. The molecule has 0 bridgehead atoms. The Morgan fingerprint density at radius 3 is 2.39 bits per heavy atom. The van der Waals surface area contributed by atoms with Crippen LogP contribution in [0.3, 0.4) is 0 Å². The third kappa shape index (κ3) is 4.66. The van der Waals surface area contributed by atoms with Gasteiger partial charge in [0.1, 0.15) is 11.7 Å². The predicted octanol–water partition coefficient (Wildman–Crippen LogP) is 1.57. The number of benzene rings is 1. The molecule has 2 heterocycles. The van der Waals surface area contributed by atoms with Gasteiger partial charge in [-0.15, -0.1) is 0 Å². The third-order valence-corrected chi connectivity index (χ3v) is 6.05. The van der Waals surface area contributed by atoms with E-state index < -0.39 is 29.5 Å². The van der Waals surface area contributed by atoms with Crippen molar-refractivity contribution in [3.63, 3.8) is 0 Å². The molecular weight excluding hydrogens is 403 g/mol. The van der Waals surface area contributed by atoms with E-state index in [1.807, 2.05) is 25.7 Å². The van der Waals surface area contributed by atoms with Gasteiger partial charge in [-0.2, -0.15) is 0 Å². The zero-order chi connectivity index (χ0) is 22.9. The van der Waals surface area contributed by atoms with Crippen LogP contribution in [0.2, 0.25) is 0 Å². The fraction of sp³-hybridized carbons (Fsp3) is 0.591. The summed E-state index contributed by atoms with van der Waals surface area (Å²) in [6.07, 6.45) is 0.622.